The molecule has 2 spiro atoms. The summed E-state index contributed by atoms with van der Waals surface area (Å²) in [6, 6.07) is 8.22. The minimum Gasteiger partial charge on any atom is -0.487 e. The van der Waals surface area contributed by atoms with E-state index >= 15 is 0 Å². The average Bonchev–Trinajstić information content (AvgIpc) is 3.13. The fourth-order valence-electron chi connectivity index (χ4n) is 5.01. The Kier molecular flexibility index (Phi) is 5.24. The standard InChI is InChI=1S/C24H24F3N3O5/c1-21(2)22(10-32-11-22)23(12-34-20(28)30-23)16-7-14(3-5-18(16)35-21)8-17(31)15-4-6-19(29-9-15)33-13-24(25,26)27/h3-7,9H,8,10-13H2,1-2H3,(H2,28,30). The number of carbonyl (C=O) groups excluding carboxylic acids is 1. The van der Waals surface area contributed by atoms with Gasteiger partial charge in [0, 0.05) is 29.8 Å². The molecule has 1 unspecified atom stereocenters. The second kappa shape index (κ2) is 7.84. The molecule has 1 aromatic heterocycles. The second-order valence-electron chi connectivity index (χ2n) is 9.51. The quantitative estimate of drug-likeness (QED) is 0.641. The number of alkyl halides is 3. The van der Waals surface area contributed by atoms with Crippen molar-refractivity contribution < 1.29 is 36.9 Å². The molecule has 2 N–H and O–H groups in total. The first-order chi connectivity index (χ1) is 16.4. The minimum atomic E-state index is -4.47. The number of Topliss-reactive ketones (excluding diaryl/α,β-unsaturated/α-hetero) is 1. The molecular formula is C24H24F3N3O5. The zero-order valence-corrected chi connectivity index (χ0v) is 19.1. The van der Waals surface area contributed by atoms with Gasteiger partial charge in [0.25, 0.3) is 6.02 Å². The molecule has 2 aromatic rings. The summed E-state index contributed by atoms with van der Waals surface area (Å²) in [4.78, 5) is 21.4. The lowest BCUT2D eigenvalue weighted by molar-refractivity contribution is -0.247. The Bertz CT molecular complexity index is 1190. The number of ether oxygens (including phenoxy) is 4. The molecule has 0 amide bonds. The van der Waals surface area contributed by atoms with Gasteiger partial charge in [0.2, 0.25) is 5.88 Å². The van der Waals surface area contributed by atoms with Crippen LogP contribution in [0.25, 0.3) is 0 Å². The topological polar surface area (TPSA) is 105 Å². The molecule has 1 fully saturated rings. The number of pyridine rings is 1. The molecule has 0 radical (unpaired) electrons. The molecular weight excluding hydrogens is 467 g/mol. The molecule has 8 nitrogen and oxygen atoms in total. The van der Waals surface area contributed by atoms with Gasteiger partial charge in [0.15, 0.2) is 12.4 Å². The van der Waals surface area contributed by atoms with Gasteiger partial charge in [-0.25, -0.2) is 9.98 Å². The van der Waals surface area contributed by atoms with Gasteiger partial charge >= 0.3 is 6.18 Å². The first-order valence-electron chi connectivity index (χ1n) is 11.0. The van der Waals surface area contributed by atoms with Crippen LogP contribution < -0.4 is 15.2 Å². The number of rotatable bonds is 5. The van der Waals surface area contributed by atoms with Crippen LogP contribution in [0.1, 0.15) is 35.3 Å². The summed E-state index contributed by atoms with van der Waals surface area (Å²) in [5, 5.41) is 0. The van der Waals surface area contributed by atoms with Crippen LogP contribution in [0.3, 0.4) is 0 Å². The summed E-state index contributed by atoms with van der Waals surface area (Å²) in [6.07, 6.45) is -3.22. The van der Waals surface area contributed by atoms with Gasteiger partial charge in [-0.3, -0.25) is 4.79 Å². The van der Waals surface area contributed by atoms with E-state index in [1.54, 1.807) is 6.07 Å². The maximum Gasteiger partial charge on any atom is 0.422 e. The lowest BCUT2D eigenvalue weighted by Crippen LogP contribution is -2.71. The van der Waals surface area contributed by atoms with Gasteiger partial charge in [0.05, 0.1) is 18.6 Å². The van der Waals surface area contributed by atoms with E-state index < -0.39 is 29.3 Å². The third-order valence-corrected chi connectivity index (χ3v) is 7.03. The number of halogens is 3. The van der Waals surface area contributed by atoms with E-state index in [4.69, 9.17) is 24.9 Å². The van der Waals surface area contributed by atoms with Crippen LogP contribution >= 0.6 is 0 Å². The number of aromatic nitrogens is 1. The monoisotopic (exact) mass is 491 g/mol. The van der Waals surface area contributed by atoms with Crippen molar-refractivity contribution in [1.29, 1.82) is 0 Å². The molecule has 0 saturated carbocycles. The number of aliphatic imine (C=N–C) groups is 1. The van der Waals surface area contributed by atoms with Crippen LogP contribution in [-0.2, 0) is 21.4 Å². The van der Waals surface area contributed by atoms with Crippen LogP contribution in [0.5, 0.6) is 11.6 Å². The Morgan fingerprint density at radius 3 is 2.51 bits per heavy atom. The molecule has 3 aliphatic heterocycles. The Balaban J connectivity index is 1.41. The highest BCUT2D eigenvalue weighted by Gasteiger charge is 2.71. The van der Waals surface area contributed by atoms with Gasteiger partial charge in [-0.15, -0.1) is 0 Å². The van der Waals surface area contributed by atoms with Crippen LogP contribution in [-0.4, -0.2) is 55.0 Å². The summed E-state index contributed by atoms with van der Waals surface area (Å²) in [6.45, 7) is 3.64. The highest BCUT2D eigenvalue weighted by atomic mass is 19.4. The average molecular weight is 491 g/mol. The zero-order valence-electron chi connectivity index (χ0n) is 19.1. The molecule has 35 heavy (non-hydrogen) atoms. The number of ketones is 1. The lowest BCUT2D eigenvalue weighted by Gasteiger charge is -2.61. The Morgan fingerprint density at radius 1 is 1.17 bits per heavy atom. The van der Waals surface area contributed by atoms with Crippen molar-refractivity contribution in [1.82, 2.24) is 4.98 Å². The predicted octanol–water partition coefficient (Wildman–Crippen LogP) is 3.18. The first-order valence-corrected chi connectivity index (χ1v) is 11.0. The van der Waals surface area contributed by atoms with Gasteiger partial charge < -0.3 is 24.7 Å². The fraction of sp³-hybridized carbons (Fsp3) is 0.458. The molecule has 1 saturated heterocycles. The normalized spacial score (nSPS) is 23.6. The molecule has 1 aromatic carbocycles. The largest absolute Gasteiger partial charge is 0.487 e. The van der Waals surface area contributed by atoms with E-state index in [-0.39, 0.29) is 36.3 Å². The Morgan fingerprint density at radius 2 is 1.94 bits per heavy atom. The Hall–Kier alpha value is -3.34. The molecule has 186 valence electrons. The van der Waals surface area contributed by atoms with E-state index in [1.165, 1.54) is 18.3 Å². The number of benzene rings is 1. The fourth-order valence-corrected chi connectivity index (χ4v) is 5.01. The molecule has 0 bridgehead atoms. The highest BCUT2D eigenvalue weighted by molar-refractivity contribution is 5.97. The predicted molar refractivity (Wildman–Crippen MR) is 117 cm³/mol. The van der Waals surface area contributed by atoms with Crippen LogP contribution in [0, 0.1) is 5.41 Å². The van der Waals surface area contributed by atoms with Crippen molar-refractivity contribution >= 4 is 11.8 Å². The summed E-state index contributed by atoms with van der Waals surface area (Å²) in [5.41, 5.74) is 5.78. The van der Waals surface area contributed by atoms with Crippen LogP contribution in [0.4, 0.5) is 13.2 Å². The number of nitrogens with zero attached hydrogens (tertiary/aromatic N) is 2. The third kappa shape index (κ3) is 3.78. The van der Waals surface area contributed by atoms with Crippen molar-refractivity contribution in [2.75, 3.05) is 26.4 Å². The number of carbonyl (C=O) groups is 1. The lowest BCUT2D eigenvalue weighted by atomic mass is 9.55. The summed E-state index contributed by atoms with van der Waals surface area (Å²) in [5.74, 6) is 0.177. The van der Waals surface area contributed by atoms with Gasteiger partial charge in [-0.05, 0) is 37.6 Å². The molecule has 11 heteroatoms. The molecule has 0 aliphatic carbocycles. The number of amidine groups is 1. The Labute approximate surface area is 199 Å². The van der Waals surface area contributed by atoms with Crippen LogP contribution in [0.15, 0.2) is 41.5 Å². The first kappa shape index (κ1) is 23.4. The van der Waals surface area contributed by atoms with Crippen molar-refractivity contribution in [3.63, 3.8) is 0 Å². The molecule has 1 atom stereocenters. The molecule has 5 rings (SSSR count). The van der Waals surface area contributed by atoms with Gasteiger partial charge in [-0.1, -0.05) is 6.07 Å². The highest BCUT2D eigenvalue weighted by Crippen LogP contribution is 2.62. The molecule has 4 heterocycles. The zero-order chi connectivity index (χ0) is 25.1. The van der Waals surface area contributed by atoms with Crippen LogP contribution in [0.2, 0.25) is 0 Å². The smallest absolute Gasteiger partial charge is 0.422 e. The molecule has 3 aliphatic rings. The maximum atomic E-state index is 12.9. The van der Waals surface area contributed by atoms with E-state index in [0.29, 0.717) is 24.5 Å². The number of hydrogen-bond acceptors (Lipinski definition) is 8. The second-order valence-corrected chi connectivity index (χ2v) is 9.51. The van der Waals surface area contributed by atoms with E-state index in [9.17, 15) is 18.0 Å². The summed E-state index contributed by atoms with van der Waals surface area (Å²) in [7, 11) is 0. The van der Waals surface area contributed by atoms with E-state index in [0.717, 1.165) is 5.56 Å². The number of hydrogen-bond donors (Lipinski definition) is 1. The van der Waals surface area contributed by atoms with E-state index in [2.05, 4.69) is 9.72 Å². The number of fused-ring (bicyclic) bond motifs is 3. The van der Waals surface area contributed by atoms with Gasteiger partial charge in [0.1, 0.15) is 23.5 Å². The summed E-state index contributed by atoms with van der Waals surface area (Å²) < 4.78 is 59.1. The van der Waals surface area contributed by atoms with Gasteiger partial charge in [-0.2, -0.15) is 13.2 Å². The minimum absolute atomic E-state index is 0.0424. The van der Waals surface area contributed by atoms with Crippen molar-refractivity contribution in [2.45, 2.75) is 37.6 Å². The van der Waals surface area contributed by atoms with Crippen molar-refractivity contribution in [3.05, 3.63) is 53.2 Å². The van der Waals surface area contributed by atoms with Crippen molar-refractivity contribution in [2.24, 2.45) is 16.1 Å². The van der Waals surface area contributed by atoms with Crippen molar-refractivity contribution in [3.8, 4) is 11.6 Å². The summed E-state index contributed by atoms with van der Waals surface area (Å²) >= 11 is 0. The van der Waals surface area contributed by atoms with E-state index in [1.807, 2.05) is 26.0 Å². The SMILES string of the molecule is CC1(C)Oc2ccc(CC(=O)c3ccc(OCC(F)(F)F)nc3)cc2C2(COC(N)=N2)C12COC2. The number of nitrogens with two attached hydrogens (primary N) is 1. The third-order valence-electron chi connectivity index (χ3n) is 7.03. The maximum absolute atomic E-state index is 12.9.